The van der Waals surface area contributed by atoms with E-state index < -0.39 is 0 Å². The molecular weight excluding hydrogens is 208 g/mol. The van der Waals surface area contributed by atoms with E-state index in [0.717, 1.165) is 0 Å². The Morgan fingerprint density at radius 3 is 2.29 bits per heavy atom. The minimum atomic E-state index is 0.614. The van der Waals surface area contributed by atoms with Crippen molar-refractivity contribution in [2.24, 2.45) is 0 Å². The molecule has 1 aromatic rings. The first-order valence-corrected chi connectivity index (χ1v) is 6.83. The first kappa shape index (κ1) is 14.0. The second-order valence-electron chi connectivity index (χ2n) is 5.10. The van der Waals surface area contributed by atoms with Gasteiger partial charge in [-0.3, -0.25) is 0 Å². The Labute approximate surface area is 106 Å². The van der Waals surface area contributed by atoms with Crippen molar-refractivity contribution in [2.75, 3.05) is 19.0 Å². The standard InChI is InChI=1S/C15H27N2/c1-5-6-7-8-9-14(2)17-12-10-15(11-13-17)16(3)4/h10-14H,5-9H2,1-4H3/q+1. The van der Waals surface area contributed by atoms with Gasteiger partial charge in [0.1, 0.15) is 0 Å². The smallest absolute Gasteiger partial charge is 0.171 e. The second-order valence-corrected chi connectivity index (χ2v) is 5.10. The van der Waals surface area contributed by atoms with Crippen LogP contribution in [-0.4, -0.2) is 14.1 Å². The van der Waals surface area contributed by atoms with Crippen LogP contribution in [0.2, 0.25) is 0 Å². The average molecular weight is 235 g/mol. The molecule has 0 saturated carbocycles. The van der Waals surface area contributed by atoms with E-state index in [9.17, 15) is 0 Å². The molecule has 1 rings (SSSR count). The number of hydrogen-bond donors (Lipinski definition) is 0. The highest BCUT2D eigenvalue weighted by Gasteiger charge is 2.11. The molecule has 2 heteroatoms. The van der Waals surface area contributed by atoms with Crippen molar-refractivity contribution in [3.63, 3.8) is 0 Å². The Kier molecular flexibility index (Phi) is 6.03. The zero-order chi connectivity index (χ0) is 12.7. The van der Waals surface area contributed by atoms with E-state index in [1.165, 1.54) is 37.8 Å². The van der Waals surface area contributed by atoms with Gasteiger partial charge in [0.25, 0.3) is 0 Å². The van der Waals surface area contributed by atoms with E-state index >= 15 is 0 Å². The molecule has 17 heavy (non-hydrogen) atoms. The highest BCUT2D eigenvalue weighted by molar-refractivity contribution is 5.41. The number of rotatable bonds is 7. The van der Waals surface area contributed by atoms with E-state index in [-0.39, 0.29) is 0 Å². The van der Waals surface area contributed by atoms with Crippen LogP contribution in [-0.2, 0) is 0 Å². The SMILES string of the molecule is CCCCCCC(C)[n+]1ccc(N(C)C)cc1. The molecule has 1 atom stereocenters. The Balaban J connectivity index is 2.43. The van der Waals surface area contributed by atoms with Gasteiger partial charge in [-0.25, -0.2) is 4.57 Å². The predicted molar refractivity (Wildman–Crippen MR) is 74.4 cm³/mol. The molecule has 0 aromatic carbocycles. The third kappa shape index (κ3) is 4.76. The molecule has 1 heterocycles. The third-order valence-corrected chi connectivity index (χ3v) is 3.34. The molecule has 0 saturated heterocycles. The first-order chi connectivity index (χ1) is 8.15. The number of anilines is 1. The van der Waals surface area contributed by atoms with Gasteiger partial charge in [0.2, 0.25) is 0 Å². The topological polar surface area (TPSA) is 7.12 Å². The highest BCUT2D eigenvalue weighted by Crippen LogP contribution is 2.12. The zero-order valence-electron chi connectivity index (χ0n) is 11.8. The number of aromatic nitrogens is 1. The average Bonchev–Trinajstić information content (AvgIpc) is 2.34. The number of hydrogen-bond acceptors (Lipinski definition) is 1. The molecule has 0 aliphatic heterocycles. The van der Waals surface area contributed by atoms with Gasteiger partial charge in [-0.1, -0.05) is 26.2 Å². The second kappa shape index (κ2) is 7.31. The van der Waals surface area contributed by atoms with Crippen molar-refractivity contribution in [1.29, 1.82) is 0 Å². The summed E-state index contributed by atoms with van der Waals surface area (Å²) in [6.07, 6.45) is 11.1. The summed E-state index contributed by atoms with van der Waals surface area (Å²) in [6.45, 7) is 4.57. The van der Waals surface area contributed by atoms with Crippen molar-refractivity contribution in [2.45, 2.75) is 52.0 Å². The maximum absolute atomic E-state index is 2.32. The summed E-state index contributed by atoms with van der Waals surface area (Å²) in [6, 6.07) is 4.98. The maximum Gasteiger partial charge on any atom is 0.171 e. The summed E-state index contributed by atoms with van der Waals surface area (Å²) in [4.78, 5) is 2.14. The van der Waals surface area contributed by atoms with Crippen molar-refractivity contribution in [3.05, 3.63) is 24.5 Å². The number of nitrogens with zero attached hydrogens (tertiary/aromatic N) is 2. The lowest BCUT2D eigenvalue weighted by molar-refractivity contribution is -0.720. The van der Waals surface area contributed by atoms with Crippen LogP contribution in [0.25, 0.3) is 0 Å². The molecule has 0 N–H and O–H groups in total. The van der Waals surface area contributed by atoms with Gasteiger partial charge in [0, 0.05) is 38.3 Å². The molecule has 96 valence electrons. The number of unbranched alkanes of at least 4 members (excludes halogenated alkanes) is 3. The van der Waals surface area contributed by atoms with Crippen LogP contribution in [0.4, 0.5) is 5.69 Å². The minimum Gasteiger partial charge on any atom is -0.377 e. The molecule has 1 unspecified atom stereocenters. The Bertz CT molecular complexity index is 303. The van der Waals surface area contributed by atoms with Gasteiger partial charge in [-0.2, -0.15) is 0 Å². The summed E-state index contributed by atoms with van der Waals surface area (Å²) < 4.78 is 2.32. The van der Waals surface area contributed by atoms with Crippen molar-refractivity contribution in [3.8, 4) is 0 Å². The fraction of sp³-hybridized carbons (Fsp3) is 0.667. The van der Waals surface area contributed by atoms with Crippen molar-refractivity contribution in [1.82, 2.24) is 0 Å². The summed E-state index contributed by atoms with van der Waals surface area (Å²) in [5, 5.41) is 0. The van der Waals surface area contributed by atoms with Crippen molar-refractivity contribution >= 4 is 5.69 Å². The third-order valence-electron chi connectivity index (χ3n) is 3.34. The van der Waals surface area contributed by atoms with Gasteiger partial charge in [0.05, 0.1) is 0 Å². The van der Waals surface area contributed by atoms with Crippen LogP contribution in [0.3, 0.4) is 0 Å². The number of pyridine rings is 1. The summed E-state index contributed by atoms with van der Waals surface area (Å²) in [5.74, 6) is 0. The molecular formula is C15H27N2+. The maximum atomic E-state index is 2.32. The van der Waals surface area contributed by atoms with Crippen LogP contribution >= 0.6 is 0 Å². The summed E-state index contributed by atoms with van der Waals surface area (Å²) in [7, 11) is 4.15. The van der Waals surface area contributed by atoms with E-state index in [1.54, 1.807) is 0 Å². The van der Waals surface area contributed by atoms with Crippen LogP contribution in [0.1, 0.15) is 52.0 Å². The Morgan fingerprint density at radius 1 is 1.12 bits per heavy atom. The molecule has 0 radical (unpaired) electrons. The molecule has 2 nitrogen and oxygen atoms in total. The van der Waals surface area contributed by atoms with Gasteiger partial charge in [-0.15, -0.1) is 0 Å². The largest absolute Gasteiger partial charge is 0.377 e. The lowest BCUT2D eigenvalue weighted by atomic mass is 10.1. The Morgan fingerprint density at radius 2 is 1.76 bits per heavy atom. The molecule has 0 spiro atoms. The summed E-state index contributed by atoms with van der Waals surface area (Å²) in [5.41, 5.74) is 1.26. The fourth-order valence-corrected chi connectivity index (χ4v) is 2.04. The molecule has 0 aliphatic carbocycles. The van der Waals surface area contributed by atoms with Gasteiger partial charge in [0.15, 0.2) is 18.4 Å². The van der Waals surface area contributed by atoms with Crippen LogP contribution in [0, 0.1) is 0 Å². The minimum absolute atomic E-state index is 0.614. The van der Waals surface area contributed by atoms with Gasteiger partial charge < -0.3 is 4.90 Å². The molecule has 1 aromatic heterocycles. The van der Waals surface area contributed by atoms with Gasteiger partial charge in [-0.05, 0) is 13.3 Å². The molecule has 0 amide bonds. The van der Waals surface area contributed by atoms with E-state index in [2.05, 4.69) is 61.9 Å². The zero-order valence-corrected chi connectivity index (χ0v) is 11.8. The van der Waals surface area contributed by atoms with E-state index in [4.69, 9.17) is 0 Å². The summed E-state index contributed by atoms with van der Waals surface area (Å²) >= 11 is 0. The predicted octanol–water partition coefficient (Wildman–Crippen LogP) is 3.57. The normalized spacial score (nSPS) is 12.5. The lowest BCUT2D eigenvalue weighted by Gasteiger charge is -2.12. The molecule has 0 bridgehead atoms. The van der Waals surface area contributed by atoms with Crippen LogP contribution < -0.4 is 9.47 Å². The first-order valence-electron chi connectivity index (χ1n) is 6.83. The lowest BCUT2D eigenvalue weighted by Crippen LogP contribution is -2.37. The Hall–Kier alpha value is -1.05. The molecule has 0 fully saturated rings. The van der Waals surface area contributed by atoms with Crippen LogP contribution in [0.15, 0.2) is 24.5 Å². The van der Waals surface area contributed by atoms with Crippen LogP contribution in [0.5, 0.6) is 0 Å². The van der Waals surface area contributed by atoms with E-state index in [1.807, 2.05) is 0 Å². The monoisotopic (exact) mass is 235 g/mol. The van der Waals surface area contributed by atoms with Crippen molar-refractivity contribution < 1.29 is 4.57 Å². The fourth-order valence-electron chi connectivity index (χ4n) is 2.04. The van der Waals surface area contributed by atoms with Gasteiger partial charge >= 0.3 is 0 Å². The quantitative estimate of drug-likeness (QED) is 0.517. The molecule has 0 aliphatic rings. The highest BCUT2D eigenvalue weighted by atomic mass is 15.1. The van der Waals surface area contributed by atoms with E-state index in [0.29, 0.717) is 6.04 Å².